The minimum Gasteiger partial charge on any atom is -0.494 e. The summed E-state index contributed by atoms with van der Waals surface area (Å²) < 4.78 is 18.0. The molecule has 0 N–H and O–H groups in total. The zero-order valence-electron chi connectivity index (χ0n) is 8.39. The first-order valence-electron chi connectivity index (χ1n) is 4.60. The molecule has 1 rings (SSSR count). The summed E-state index contributed by atoms with van der Waals surface area (Å²) in [7, 11) is 1.46. The van der Waals surface area contributed by atoms with Gasteiger partial charge in [-0.25, -0.2) is 4.39 Å². The van der Waals surface area contributed by atoms with Crippen LogP contribution in [0.1, 0.15) is 18.9 Å². The second-order valence-corrected chi connectivity index (χ2v) is 4.03. The summed E-state index contributed by atoms with van der Waals surface area (Å²) in [5.74, 6) is -0.0279. The Morgan fingerprint density at radius 1 is 1.50 bits per heavy atom. The van der Waals surface area contributed by atoms with Gasteiger partial charge < -0.3 is 4.74 Å². The SMILES string of the molecule is COc1ccc(CCC(C)Cl)cc1F. The molecule has 0 fully saturated rings. The molecule has 0 radical (unpaired) electrons. The summed E-state index contributed by atoms with van der Waals surface area (Å²) in [6.45, 7) is 1.93. The Hall–Kier alpha value is -0.760. The van der Waals surface area contributed by atoms with Crippen molar-refractivity contribution in [2.75, 3.05) is 7.11 Å². The molecule has 3 heteroatoms. The van der Waals surface area contributed by atoms with Crippen molar-refractivity contribution >= 4 is 11.6 Å². The molecule has 0 aromatic heterocycles. The van der Waals surface area contributed by atoms with Gasteiger partial charge in [0.15, 0.2) is 11.6 Å². The van der Waals surface area contributed by atoms with E-state index in [0.29, 0.717) is 0 Å². The number of ether oxygens (including phenoxy) is 1. The standard InChI is InChI=1S/C11H14ClFO/c1-8(12)3-4-9-5-6-11(14-2)10(13)7-9/h5-8H,3-4H2,1-2H3. The highest BCUT2D eigenvalue weighted by molar-refractivity contribution is 6.20. The molecule has 78 valence electrons. The van der Waals surface area contributed by atoms with Gasteiger partial charge in [0.2, 0.25) is 0 Å². The van der Waals surface area contributed by atoms with Crippen LogP contribution in [0.25, 0.3) is 0 Å². The lowest BCUT2D eigenvalue weighted by atomic mass is 10.1. The van der Waals surface area contributed by atoms with Gasteiger partial charge in [0.25, 0.3) is 0 Å². The van der Waals surface area contributed by atoms with Gasteiger partial charge in [-0.3, -0.25) is 0 Å². The molecule has 0 bridgehead atoms. The van der Waals surface area contributed by atoms with Gasteiger partial charge in [-0.05, 0) is 37.5 Å². The lowest BCUT2D eigenvalue weighted by Gasteiger charge is -2.06. The fraction of sp³-hybridized carbons (Fsp3) is 0.455. The number of hydrogen-bond acceptors (Lipinski definition) is 1. The van der Waals surface area contributed by atoms with Gasteiger partial charge in [0.05, 0.1) is 7.11 Å². The summed E-state index contributed by atoms with van der Waals surface area (Å²) >= 11 is 5.81. The van der Waals surface area contributed by atoms with Crippen LogP contribution >= 0.6 is 11.6 Å². The van der Waals surface area contributed by atoms with E-state index in [9.17, 15) is 4.39 Å². The summed E-state index contributed by atoms with van der Waals surface area (Å²) in [6, 6.07) is 5.00. The zero-order valence-corrected chi connectivity index (χ0v) is 9.14. The first-order valence-corrected chi connectivity index (χ1v) is 5.03. The molecule has 0 amide bonds. The second-order valence-electron chi connectivity index (χ2n) is 3.29. The largest absolute Gasteiger partial charge is 0.494 e. The fourth-order valence-corrected chi connectivity index (χ4v) is 1.34. The number of rotatable bonds is 4. The average molecular weight is 217 g/mol. The van der Waals surface area contributed by atoms with Crippen LogP contribution in [0.5, 0.6) is 5.75 Å². The Morgan fingerprint density at radius 3 is 2.71 bits per heavy atom. The van der Waals surface area contributed by atoms with E-state index in [4.69, 9.17) is 16.3 Å². The molecule has 0 heterocycles. The Kier molecular flexibility index (Phi) is 4.21. The smallest absolute Gasteiger partial charge is 0.165 e. The van der Waals surface area contributed by atoms with Crippen LogP contribution in [0.3, 0.4) is 0 Å². The van der Waals surface area contributed by atoms with Crippen LogP contribution in [-0.2, 0) is 6.42 Å². The van der Waals surface area contributed by atoms with E-state index in [1.165, 1.54) is 13.2 Å². The van der Waals surface area contributed by atoms with E-state index in [1.807, 2.05) is 13.0 Å². The summed E-state index contributed by atoms with van der Waals surface area (Å²) in [6.07, 6.45) is 1.65. The third kappa shape index (κ3) is 3.18. The Labute approximate surface area is 88.8 Å². The molecule has 1 nitrogen and oxygen atoms in total. The predicted molar refractivity (Wildman–Crippen MR) is 56.6 cm³/mol. The molecule has 0 aliphatic rings. The van der Waals surface area contributed by atoms with Crippen molar-refractivity contribution in [3.63, 3.8) is 0 Å². The second kappa shape index (κ2) is 5.20. The van der Waals surface area contributed by atoms with Crippen molar-refractivity contribution in [2.45, 2.75) is 25.1 Å². The van der Waals surface area contributed by atoms with E-state index < -0.39 is 0 Å². The first-order chi connectivity index (χ1) is 6.63. The lowest BCUT2D eigenvalue weighted by molar-refractivity contribution is 0.386. The van der Waals surface area contributed by atoms with Crippen LogP contribution in [0.2, 0.25) is 0 Å². The Morgan fingerprint density at radius 2 is 2.21 bits per heavy atom. The molecule has 1 atom stereocenters. The number of alkyl halides is 1. The number of methoxy groups -OCH3 is 1. The average Bonchev–Trinajstić information content (AvgIpc) is 2.15. The quantitative estimate of drug-likeness (QED) is 0.701. The third-order valence-electron chi connectivity index (χ3n) is 2.05. The number of halogens is 2. The van der Waals surface area contributed by atoms with Crippen LogP contribution in [0.15, 0.2) is 18.2 Å². The minimum absolute atomic E-state index is 0.125. The van der Waals surface area contributed by atoms with Crippen molar-refractivity contribution in [2.24, 2.45) is 0 Å². The van der Waals surface area contributed by atoms with Crippen LogP contribution in [0, 0.1) is 5.82 Å². The maximum absolute atomic E-state index is 13.2. The zero-order chi connectivity index (χ0) is 10.6. The van der Waals surface area contributed by atoms with Crippen molar-refractivity contribution in [3.05, 3.63) is 29.6 Å². The van der Waals surface area contributed by atoms with Crippen LogP contribution in [0.4, 0.5) is 4.39 Å². The summed E-state index contributed by atoms with van der Waals surface area (Å²) in [4.78, 5) is 0. The molecular weight excluding hydrogens is 203 g/mol. The molecule has 1 aromatic rings. The van der Waals surface area contributed by atoms with E-state index in [0.717, 1.165) is 18.4 Å². The molecule has 0 spiro atoms. The molecule has 1 unspecified atom stereocenters. The maximum Gasteiger partial charge on any atom is 0.165 e. The van der Waals surface area contributed by atoms with Gasteiger partial charge in [-0.15, -0.1) is 11.6 Å². The highest BCUT2D eigenvalue weighted by atomic mass is 35.5. The third-order valence-corrected chi connectivity index (χ3v) is 2.27. The normalized spacial score (nSPS) is 12.6. The van der Waals surface area contributed by atoms with Crippen LogP contribution in [-0.4, -0.2) is 12.5 Å². The van der Waals surface area contributed by atoms with E-state index in [1.54, 1.807) is 6.07 Å². The summed E-state index contributed by atoms with van der Waals surface area (Å²) in [5.41, 5.74) is 0.954. The van der Waals surface area contributed by atoms with E-state index >= 15 is 0 Å². The topological polar surface area (TPSA) is 9.23 Å². The van der Waals surface area contributed by atoms with Gasteiger partial charge in [0.1, 0.15) is 0 Å². The van der Waals surface area contributed by atoms with Gasteiger partial charge in [0, 0.05) is 5.38 Å². The lowest BCUT2D eigenvalue weighted by Crippen LogP contribution is -1.96. The monoisotopic (exact) mass is 216 g/mol. The van der Waals surface area contributed by atoms with E-state index in [-0.39, 0.29) is 16.9 Å². The van der Waals surface area contributed by atoms with Gasteiger partial charge >= 0.3 is 0 Å². The molecule has 1 aromatic carbocycles. The number of aryl methyl sites for hydroxylation is 1. The maximum atomic E-state index is 13.2. The summed E-state index contributed by atoms with van der Waals surface area (Å²) in [5, 5.41) is 0.125. The number of hydrogen-bond donors (Lipinski definition) is 0. The molecule has 14 heavy (non-hydrogen) atoms. The fourth-order valence-electron chi connectivity index (χ4n) is 1.23. The Bertz CT molecular complexity index is 299. The number of benzene rings is 1. The van der Waals surface area contributed by atoms with Gasteiger partial charge in [-0.1, -0.05) is 6.07 Å². The van der Waals surface area contributed by atoms with Crippen molar-refractivity contribution in [3.8, 4) is 5.75 Å². The van der Waals surface area contributed by atoms with Crippen molar-refractivity contribution < 1.29 is 9.13 Å². The highest BCUT2D eigenvalue weighted by Gasteiger charge is 2.04. The Balaban J connectivity index is 2.66. The molecule has 0 saturated carbocycles. The molecule has 0 saturated heterocycles. The minimum atomic E-state index is -0.313. The van der Waals surface area contributed by atoms with Crippen molar-refractivity contribution in [1.82, 2.24) is 0 Å². The van der Waals surface area contributed by atoms with Crippen LogP contribution < -0.4 is 4.74 Å². The molecule has 0 aliphatic heterocycles. The predicted octanol–water partition coefficient (Wildman–Crippen LogP) is 3.39. The first kappa shape index (κ1) is 11.3. The van der Waals surface area contributed by atoms with Crippen molar-refractivity contribution in [1.29, 1.82) is 0 Å². The highest BCUT2D eigenvalue weighted by Crippen LogP contribution is 2.19. The van der Waals surface area contributed by atoms with Gasteiger partial charge in [-0.2, -0.15) is 0 Å². The molecule has 0 aliphatic carbocycles. The van der Waals surface area contributed by atoms with E-state index in [2.05, 4.69) is 0 Å². The molecular formula is C11H14ClFO.